The van der Waals surface area contributed by atoms with Crippen molar-refractivity contribution in [2.45, 2.75) is 57.5 Å². The molecule has 21 heavy (non-hydrogen) atoms. The summed E-state index contributed by atoms with van der Waals surface area (Å²) in [5.74, 6) is 3.68. The molecule has 1 aromatic rings. The first kappa shape index (κ1) is 14.6. The van der Waals surface area contributed by atoms with Gasteiger partial charge in [-0.1, -0.05) is 12.8 Å². The van der Waals surface area contributed by atoms with E-state index in [0.717, 1.165) is 48.8 Å². The van der Waals surface area contributed by atoms with Crippen LogP contribution in [0, 0.1) is 12.8 Å². The highest BCUT2D eigenvalue weighted by atomic mass is 16.3. The molecule has 0 aliphatic heterocycles. The highest BCUT2D eigenvalue weighted by Crippen LogP contribution is 2.39. The largest absolute Gasteiger partial charge is 0.393 e. The molecule has 0 spiro atoms. The lowest BCUT2D eigenvalue weighted by Gasteiger charge is -2.28. The summed E-state index contributed by atoms with van der Waals surface area (Å²) in [5.41, 5.74) is 1.06. The smallest absolute Gasteiger partial charge is 0.136 e. The first-order valence-corrected chi connectivity index (χ1v) is 8.17. The van der Waals surface area contributed by atoms with Crippen LogP contribution in [0.4, 0.5) is 11.6 Å². The Morgan fingerprint density at radius 2 is 1.81 bits per heavy atom. The molecule has 5 nitrogen and oxygen atoms in total. The predicted molar refractivity (Wildman–Crippen MR) is 84.7 cm³/mol. The third kappa shape index (κ3) is 3.28. The molecular weight excluding hydrogens is 264 g/mol. The number of hydrogen-bond acceptors (Lipinski definition) is 5. The first-order chi connectivity index (χ1) is 10.2. The zero-order chi connectivity index (χ0) is 14.8. The van der Waals surface area contributed by atoms with E-state index < -0.39 is 0 Å². The second-order valence-corrected chi connectivity index (χ2v) is 6.42. The van der Waals surface area contributed by atoms with Gasteiger partial charge < -0.3 is 15.7 Å². The standard InChI is InChI=1S/C16H26N4O/c1-10-14(17-2)19-16(11-7-8-11)20-15(10)18-9-12-5-3-4-6-13(12)21/h11-13,21H,3-9H2,1-2H3,(H2,17,18,19,20). The zero-order valence-corrected chi connectivity index (χ0v) is 13.0. The van der Waals surface area contributed by atoms with Crippen molar-refractivity contribution in [1.82, 2.24) is 9.97 Å². The molecule has 0 radical (unpaired) electrons. The Balaban J connectivity index is 1.72. The van der Waals surface area contributed by atoms with Gasteiger partial charge in [-0.15, -0.1) is 0 Å². The van der Waals surface area contributed by atoms with Crippen LogP contribution in [0.5, 0.6) is 0 Å². The maximum atomic E-state index is 10.1. The number of aromatic nitrogens is 2. The van der Waals surface area contributed by atoms with Crippen LogP contribution < -0.4 is 10.6 Å². The first-order valence-electron chi connectivity index (χ1n) is 8.17. The number of nitrogens with one attached hydrogen (secondary N) is 2. The number of aliphatic hydroxyl groups excluding tert-OH is 1. The van der Waals surface area contributed by atoms with E-state index in [0.29, 0.717) is 11.8 Å². The Hall–Kier alpha value is -1.36. The van der Waals surface area contributed by atoms with Crippen LogP contribution in [0.1, 0.15) is 55.8 Å². The van der Waals surface area contributed by atoms with Gasteiger partial charge in [-0.25, -0.2) is 9.97 Å². The van der Waals surface area contributed by atoms with Crippen molar-refractivity contribution in [3.05, 3.63) is 11.4 Å². The molecule has 2 fully saturated rings. The highest BCUT2D eigenvalue weighted by Gasteiger charge is 2.28. The lowest BCUT2D eigenvalue weighted by atomic mass is 9.86. The summed E-state index contributed by atoms with van der Waals surface area (Å²) in [6.45, 7) is 2.84. The van der Waals surface area contributed by atoms with Crippen LogP contribution in [0.15, 0.2) is 0 Å². The van der Waals surface area contributed by atoms with E-state index in [1.807, 2.05) is 14.0 Å². The minimum absolute atomic E-state index is 0.167. The van der Waals surface area contributed by atoms with Crippen LogP contribution in [-0.4, -0.2) is 34.8 Å². The van der Waals surface area contributed by atoms with Crippen LogP contribution in [-0.2, 0) is 0 Å². The third-order valence-corrected chi connectivity index (χ3v) is 4.74. The average molecular weight is 290 g/mol. The van der Waals surface area contributed by atoms with Gasteiger partial charge in [0.05, 0.1) is 6.10 Å². The van der Waals surface area contributed by atoms with E-state index in [1.165, 1.54) is 19.3 Å². The Kier molecular flexibility index (Phi) is 4.29. The van der Waals surface area contributed by atoms with Crippen molar-refractivity contribution in [3.8, 4) is 0 Å². The molecule has 0 saturated heterocycles. The molecule has 0 bridgehead atoms. The van der Waals surface area contributed by atoms with Crippen molar-refractivity contribution < 1.29 is 5.11 Å². The molecule has 2 saturated carbocycles. The van der Waals surface area contributed by atoms with Crippen molar-refractivity contribution in [1.29, 1.82) is 0 Å². The molecule has 1 heterocycles. The summed E-state index contributed by atoms with van der Waals surface area (Å²) in [4.78, 5) is 9.32. The molecule has 0 amide bonds. The monoisotopic (exact) mass is 290 g/mol. The molecule has 2 atom stereocenters. The number of aliphatic hydroxyl groups is 1. The zero-order valence-electron chi connectivity index (χ0n) is 13.0. The molecule has 3 N–H and O–H groups in total. The van der Waals surface area contributed by atoms with E-state index in [-0.39, 0.29) is 6.10 Å². The number of anilines is 2. The van der Waals surface area contributed by atoms with Gasteiger partial charge in [-0.3, -0.25) is 0 Å². The van der Waals surface area contributed by atoms with Crippen molar-refractivity contribution in [3.63, 3.8) is 0 Å². The molecule has 1 aromatic heterocycles. The Morgan fingerprint density at radius 3 is 2.48 bits per heavy atom. The van der Waals surface area contributed by atoms with Crippen LogP contribution in [0.2, 0.25) is 0 Å². The lowest BCUT2D eigenvalue weighted by Crippen LogP contribution is -2.30. The highest BCUT2D eigenvalue weighted by molar-refractivity contribution is 5.57. The molecule has 0 aromatic carbocycles. The fourth-order valence-corrected chi connectivity index (χ4v) is 3.13. The number of nitrogens with zero attached hydrogens (tertiary/aromatic N) is 2. The van der Waals surface area contributed by atoms with Gasteiger partial charge in [0.2, 0.25) is 0 Å². The van der Waals surface area contributed by atoms with Gasteiger partial charge in [0.15, 0.2) is 0 Å². The van der Waals surface area contributed by atoms with E-state index in [2.05, 4.69) is 15.6 Å². The Morgan fingerprint density at radius 1 is 1.10 bits per heavy atom. The topological polar surface area (TPSA) is 70.1 Å². The second kappa shape index (κ2) is 6.18. The van der Waals surface area contributed by atoms with Crippen molar-refractivity contribution in [2.24, 2.45) is 5.92 Å². The lowest BCUT2D eigenvalue weighted by molar-refractivity contribution is 0.0763. The van der Waals surface area contributed by atoms with Crippen LogP contribution in [0.25, 0.3) is 0 Å². The molecular formula is C16H26N4O. The summed E-state index contributed by atoms with van der Waals surface area (Å²) in [6.07, 6.45) is 6.65. The summed E-state index contributed by atoms with van der Waals surface area (Å²) < 4.78 is 0. The molecule has 2 unspecified atom stereocenters. The molecule has 2 aliphatic carbocycles. The summed E-state index contributed by atoms with van der Waals surface area (Å²) in [6, 6.07) is 0. The second-order valence-electron chi connectivity index (χ2n) is 6.42. The van der Waals surface area contributed by atoms with Gasteiger partial charge in [-0.2, -0.15) is 0 Å². The fraction of sp³-hybridized carbons (Fsp3) is 0.750. The predicted octanol–water partition coefficient (Wildman–Crippen LogP) is 2.67. The minimum Gasteiger partial charge on any atom is -0.393 e. The fourth-order valence-electron chi connectivity index (χ4n) is 3.13. The molecule has 3 rings (SSSR count). The van der Waals surface area contributed by atoms with Gasteiger partial charge in [-0.05, 0) is 32.6 Å². The van der Waals surface area contributed by atoms with Gasteiger partial charge in [0.25, 0.3) is 0 Å². The summed E-state index contributed by atoms with van der Waals surface area (Å²) in [5, 5.41) is 16.7. The van der Waals surface area contributed by atoms with Crippen molar-refractivity contribution in [2.75, 3.05) is 24.2 Å². The maximum absolute atomic E-state index is 10.1. The van der Waals surface area contributed by atoms with E-state index in [1.54, 1.807) is 0 Å². The summed E-state index contributed by atoms with van der Waals surface area (Å²) in [7, 11) is 1.90. The maximum Gasteiger partial charge on any atom is 0.136 e. The summed E-state index contributed by atoms with van der Waals surface area (Å²) >= 11 is 0. The third-order valence-electron chi connectivity index (χ3n) is 4.74. The average Bonchev–Trinajstić information content (AvgIpc) is 3.32. The molecule has 116 valence electrons. The number of hydrogen-bond donors (Lipinski definition) is 3. The molecule has 2 aliphatic rings. The van der Waals surface area contributed by atoms with Crippen LogP contribution >= 0.6 is 0 Å². The van der Waals surface area contributed by atoms with E-state index >= 15 is 0 Å². The van der Waals surface area contributed by atoms with Gasteiger partial charge in [0.1, 0.15) is 17.5 Å². The van der Waals surface area contributed by atoms with Crippen molar-refractivity contribution >= 4 is 11.6 Å². The van der Waals surface area contributed by atoms with Gasteiger partial charge in [0, 0.05) is 31.0 Å². The molecule has 5 heteroatoms. The Labute approximate surface area is 126 Å². The van der Waals surface area contributed by atoms with Gasteiger partial charge >= 0.3 is 0 Å². The SMILES string of the molecule is CNc1nc(C2CC2)nc(NCC2CCCCC2O)c1C. The number of rotatable bonds is 5. The normalized spacial score (nSPS) is 25.7. The Bertz CT molecular complexity index is 501. The van der Waals surface area contributed by atoms with E-state index in [9.17, 15) is 5.11 Å². The van der Waals surface area contributed by atoms with Crippen LogP contribution in [0.3, 0.4) is 0 Å². The van der Waals surface area contributed by atoms with E-state index in [4.69, 9.17) is 4.98 Å². The minimum atomic E-state index is -0.167. The quantitative estimate of drug-likeness (QED) is 0.778.